The van der Waals surface area contributed by atoms with E-state index in [1.807, 2.05) is 57.2 Å². The summed E-state index contributed by atoms with van der Waals surface area (Å²) >= 11 is 0. The maximum atomic E-state index is 12.6. The molecule has 0 aromatic heterocycles. The standard InChI is InChI=1S/C18H17NO/c1-12-7-9-15(10-8-12)17(11-19)18(20)16-6-4-5-13(2)14(16)3/h4-10,17H,1-3H3. The first-order valence-corrected chi connectivity index (χ1v) is 6.61. The van der Waals surface area contributed by atoms with Crippen LogP contribution in [0.4, 0.5) is 0 Å². The van der Waals surface area contributed by atoms with Crippen molar-refractivity contribution in [2.24, 2.45) is 0 Å². The molecule has 2 aromatic carbocycles. The van der Waals surface area contributed by atoms with Crippen LogP contribution in [0.5, 0.6) is 0 Å². The predicted octanol–water partition coefficient (Wildman–Crippen LogP) is 4.10. The molecule has 0 aliphatic heterocycles. The van der Waals surface area contributed by atoms with Gasteiger partial charge >= 0.3 is 0 Å². The third-order valence-corrected chi connectivity index (χ3v) is 3.67. The van der Waals surface area contributed by atoms with Gasteiger partial charge in [-0.1, -0.05) is 48.0 Å². The van der Waals surface area contributed by atoms with Crippen molar-refractivity contribution >= 4 is 5.78 Å². The molecule has 0 amide bonds. The summed E-state index contributed by atoms with van der Waals surface area (Å²) in [7, 11) is 0. The molecule has 2 rings (SSSR count). The van der Waals surface area contributed by atoms with Crippen LogP contribution in [-0.4, -0.2) is 5.78 Å². The molecule has 0 spiro atoms. The van der Waals surface area contributed by atoms with Crippen LogP contribution in [0, 0.1) is 32.1 Å². The number of carbonyl (C=O) groups is 1. The van der Waals surface area contributed by atoms with Crippen LogP contribution >= 0.6 is 0 Å². The summed E-state index contributed by atoms with van der Waals surface area (Å²) in [5, 5.41) is 9.37. The van der Waals surface area contributed by atoms with Crippen molar-refractivity contribution in [1.82, 2.24) is 0 Å². The highest BCUT2D eigenvalue weighted by Crippen LogP contribution is 2.24. The molecule has 0 aliphatic carbocycles. The van der Waals surface area contributed by atoms with Gasteiger partial charge in [0.2, 0.25) is 0 Å². The number of Topliss-reactive ketones (excluding diaryl/α,β-unsaturated/α-hetero) is 1. The zero-order chi connectivity index (χ0) is 14.7. The number of nitriles is 1. The first-order valence-electron chi connectivity index (χ1n) is 6.61. The summed E-state index contributed by atoms with van der Waals surface area (Å²) in [6.45, 7) is 5.88. The van der Waals surface area contributed by atoms with Crippen LogP contribution in [0.25, 0.3) is 0 Å². The Morgan fingerprint density at radius 1 is 1.05 bits per heavy atom. The summed E-state index contributed by atoms with van der Waals surface area (Å²) < 4.78 is 0. The Balaban J connectivity index is 2.42. The van der Waals surface area contributed by atoms with E-state index in [2.05, 4.69) is 6.07 Å². The molecule has 0 N–H and O–H groups in total. The zero-order valence-electron chi connectivity index (χ0n) is 12.0. The lowest BCUT2D eigenvalue weighted by Crippen LogP contribution is -2.13. The van der Waals surface area contributed by atoms with E-state index in [9.17, 15) is 10.1 Å². The highest BCUT2D eigenvalue weighted by molar-refractivity contribution is 6.04. The second kappa shape index (κ2) is 5.71. The van der Waals surface area contributed by atoms with Gasteiger partial charge in [-0.3, -0.25) is 4.79 Å². The molecule has 100 valence electrons. The third-order valence-electron chi connectivity index (χ3n) is 3.67. The minimum atomic E-state index is -0.740. The van der Waals surface area contributed by atoms with E-state index in [0.717, 1.165) is 22.3 Å². The van der Waals surface area contributed by atoms with Crippen molar-refractivity contribution in [1.29, 1.82) is 5.26 Å². The summed E-state index contributed by atoms with van der Waals surface area (Å²) in [5.74, 6) is -0.867. The first-order chi connectivity index (χ1) is 9.54. The SMILES string of the molecule is Cc1ccc(C(C#N)C(=O)c2cccc(C)c2C)cc1. The second-order valence-corrected chi connectivity index (χ2v) is 5.08. The van der Waals surface area contributed by atoms with Crippen LogP contribution in [0.1, 0.15) is 38.5 Å². The van der Waals surface area contributed by atoms with Crippen LogP contribution in [-0.2, 0) is 0 Å². The van der Waals surface area contributed by atoms with E-state index < -0.39 is 5.92 Å². The van der Waals surface area contributed by atoms with Crippen molar-refractivity contribution in [3.63, 3.8) is 0 Å². The van der Waals surface area contributed by atoms with Gasteiger partial charge in [-0.15, -0.1) is 0 Å². The molecular formula is C18H17NO. The Bertz CT molecular complexity index is 678. The molecule has 2 nitrogen and oxygen atoms in total. The lowest BCUT2D eigenvalue weighted by Gasteiger charge is -2.12. The molecule has 1 atom stereocenters. The van der Waals surface area contributed by atoms with Gasteiger partial charge in [0, 0.05) is 5.56 Å². The Morgan fingerprint density at radius 2 is 1.70 bits per heavy atom. The smallest absolute Gasteiger partial charge is 0.184 e. The number of hydrogen-bond acceptors (Lipinski definition) is 2. The molecule has 0 bridgehead atoms. The quantitative estimate of drug-likeness (QED) is 0.782. The lowest BCUT2D eigenvalue weighted by atomic mass is 9.88. The van der Waals surface area contributed by atoms with Crippen LogP contribution in [0.3, 0.4) is 0 Å². The molecule has 2 heteroatoms. The van der Waals surface area contributed by atoms with Gasteiger partial charge in [0.25, 0.3) is 0 Å². The zero-order valence-corrected chi connectivity index (χ0v) is 12.0. The molecule has 2 aromatic rings. The Kier molecular flexibility index (Phi) is 4.00. The van der Waals surface area contributed by atoms with Gasteiger partial charge < -0.3 is 0 Å². The fourth-order valence-electron chi connectivity index (χ4n) is 2.22. The summed E-state index contributed by atoms with van der Waals surface area (Å²) in [5.41, 5.74) is 4.52. The topological polar surface area (TPSA) is 40.9 Å². The van der Waals surface area contributed by atoms with Crippen molar-refractivity contribution in [2.45, 2.75) is 26.7 Å². The van der Waals surface area contributed by atoms with Crippen LogP contribution in [0.2, 0.25) is 0 Å². The van der Waals surface area contributed by atoms with Crippen molar-refractivity contribution in [3.8, 4) is 6.07 Å². The Labute approximate surface area is 119 Å². The molecule has 0 saturated heterocycles. The summed E-state index contributed by atoms with van der Waals surface area (Å²) in [4.78, 5) is 12.6. The molecule has 0 radical (unpaired) electrons. The maximum Gasteiger partial charge on any atom is 0.184 e. The van der Waals surface area contributed by atoms with Crippen molar-refractivity contribution in [2.75, 3.05) is 0 Å². The minimum absolute atomic E-state index is 0.127. The molecule has 0 heterocycles. The number of nitrogens with zero attached hydrogens (tertiary/aromatic N) is 1. The van der Waals surface area contributed by atoms with E-state index >= 15 is 0 Å². The van der Waals surface area contributed by atoms with Gasteiger partial charge in [0.05, 0.1) is 6.07 Å². The van der Waals surface area contributed by atoms with Crippen molar-refractivity contribution < 1.29 is 4.79 Å². The molecule has 1 unspecified atom stereocenters. The van der Waals surface area contributed by atoms with Crippen LogP contribution < -0.4 is 0 Å². The normalized spacial score (nSPS) is 11.7. The monoisotopic (exact) mass is 263 g/mol. The lowest BCUT2D eigenvalue weighted by molar-refractivity contribution is 0.0978. The van der Waals surface area contributed by atoms with Gasteiger partial charge in [-0.25, -0.2) is 0 Å². The Morgan fingerprint density at radius 3 is 2.30 bits per heavy atom. The first kappa shape index (κ1) is 14.0. The van der Waals surface area contributed by atoms with Gasteiger partial charge in [-0.2, -0.15) is 5.26 Å². The average Bonchev–Trinajstić information content (AvgIpc) is 2.44. The largest absolute Gasteiger partial charge is 0.292 e. The molecule has 0 saturated carbocycles. The van der Waals surface area contributed by atoms with E-state index in [4.69, 9.17) is 0 Å². The van der Waals surface area contributed by atoms with E-state index in [1.165, 1.54) is 0 Å². The van der Waals surface area contributed by atoms with E-state index in [1.54, 1.807) is 6.07 Å². The van der Waals surface area contributed by atoms with Gasteiger partial charge in [0.15, 0.2) is 5.78 Å². The van der Waals surface area contributed by atoms with E-state index in [-0.39, 0.29) is 5.78 Å². The number of rotatable bonds is 3. The number of ketones is 1. The Hall–Kier alpha value is -2.40. The maximum absolute atomic E-state index is 12.6. The van der Waals surface area contributed by atoms with Gasteiger partial charge in [-0.05, 0) is 37.5 Å². The molecular weight excluding hydrogens is 246 g/mol. The summed E-state index contributed by atoms with van der Waals surface area (Å²) in [6.07, 6.45) is 0. The predicted molar refractivity (Wildman–Crippen MR) is 79.8 cm³/mol. The van der Waals surface area contributed by atoms with Gasteiger partial charge in [0.1, 0.15) is 5.92 Å². The second-order valence-electron chi connectivity index (χ2n) is 5.08. The molecule has 0 fully saturated rings. The number of aryl methyl sites for hydroxylation is 2. The number of benzene rings is 2. The van der Waals surface area contributed by atoms with Crippen molar-refractivity contribution in [3.05, 3.63) is 70.3 Å². The third kappa shape index (κ3) is 2.62. The van der Waals surface area contributed by atoms with Crippen LogP contribution in [0.15, 0.2) is 42.5 Å². The molecule has 0 aliphatic rings. The van der Waals surface area contributed by atoms with E-state index in [0.29, 0.717) is 5.56 Å². The fraction of sp³-hybridized carbons (Fsp3) is 0.222. The average molecular weight is 263 g/mol. The number of carbonyl (C=O) groups excluding carboxylic acids is 1. The highest BCUT2D eigenvalue weighted by Gasteiger charge is 2.23. The fourth-order valence-corrected chi connectivity index (χ4v) is 2.22. The number of hydrogen-bond donors (Lipinski definition) is 0. The summed E-state index contributed by atoms with van der Waals surface area (Å²) in [6, 6.07) is 15.3. The minimum Gasteiger partial charge on any atom is -0.292 e. The highest BCUT2D eigenvalue weighted by atomic mass is 16.1. The molecule has 20 heavy (non-hydrogen) atoms.